The van der Waals surface area contributed by atoms with Crippen molar-refractivity contribution >= 4 is 24.6 Å². The second-order valence-electron chi connectivity index (χ2n) is 2.34. The lowest BCUT2D eigenvalue weighted by atomic mass is 10.3. The number of hydrogen-bond donors (Lipinski definition) is 0. The van der Waals surface area contributed by atoms with Gasteiger partial charge in [0.1, 0.15) is 5.75 Å². The van der Waals surface area contributed by atoms with Gasteiger partial charge in [-0.2, -0.15) is 0 Å². The summed E-state index contributed by atoms with van der Waals surface area (Å²) in [4.78, 5) is 0. The Morgan fingerprint density at radius 2 is 1.62 bits per heavy atom. The Kier molecular flexibility index (Phi) is 3.27. The van der Waals surface area contributed by atoms with Gasteiger partial charge in [-0.25, -0.2) is 0 Å². The van der Waals surface area contributed by atoms with Crippen molar-refractivity contribution in [3.8, 4) is 11.0 Å². The summed E-state index contributed by atoms with van der Waals surface area (Å²) in [5, 5.41) is 1.09. The molecule has 0 aliphatic carbocycles. The maximum absolute atomic E-state index is 5.68. The first-order chi connectivity index (χ1) is 6.45. The Morgan fingerprint density at radius 3 is 2.31 bits per heavy atom. The van der Waals surface area contributed by atoms with Crippen molar-refractivity contribution in [3.05, 3.63) is 41.4 Å². The fourth-order valence-corrected chi connectivity index (χ4v) is 4.49. The van der Waals surface area contributed by atoms with Gasteiger partial charge in [-0.3, -0.25) is 0 Å². The molecule has 0 bridgehead atoms. The van der Waals surface area contributed by atoms with E-state index in [9.17, 15) is 0 Å². The third-order valence-corrected chi connectivity index (χ3v) is 4.73. The highest BCUT2D eigenvalue weighted by Crippen LogP contribution is 2.39. The lowest BCUT2D eigenvalue weighted by Gasteiger charge is -2.02. The van der Waals surface area contributed by atoms with E-state index in [-0.39, 0.29) is 0 Å². The molecule has 64 valence electrons. The molecular weight excluding hydrogens is 217 g/mol. The molecule has 2 aromatic rings. The topological polar surface area (TPSA) is 9.23 Å². The van der Waals surface area contributed by atoms with Gasteiger partial charge in [-0.1, -0.05) is 26.4 Å². The van der Waals surface area contributed by atoms with E-state index >= 15 is 0 Å². The molecule has 4 heteroatoms. The first kappa shape index (κ1) is 9.10. The van der Waals surface area contributed by atoms with Gasteiger partial charge in [0.2, 0.25) is 0 Å². The van der Waals surface area contributed by atoms with Crippen molar-refractivity contribution in [3.63, 3.8) is 0 Å². The van der Waals surface area contributed by atoms with Crippen molar-refractivity contribution in [2.24, 2.45) is 0 Å². The van der Waals surface area contributed by atoms with Gasteiger partial charge in [-0.15, -0.1) is 0 Å². The fraction of sp³-hybridized carbons (Fsp3) is 0. The second kappa shape index (κ2) is 4.68. The molecule has 0 saturated heterocycles. The van der Waals surface area contributed by atoms with Gasteiger partial charge in [0, 0.05) is 0 Å². The van der Waals surface area contributed by atoms with Crippen molar-refractivity contribution in [1.29, 1.82) is 0 Å². The monoisotopic (exact) mass is 224 g/mol. The summed E-state index contributed by atoms with van der Waals surface area (Å²) in [6, 6.07) is 9.91. The number of hydrogen-bond acceptors (Lipinski definition) is 1. The van der Waals surface area contributed by atoms with E-state index in [1.165, 1.54) is 24.6 Å². The van der Waals surface area contributed by atoms with E-state index in [1.54, 1.807) is 0 Å². The summed E-state index contributed by atoms with van der Waals surface area (Å²) in [6.07, 6.45) is 0. The quantitative estimate of drug-likeness (QED) is 0.679. The van der Waals surface area contributed by atoms with E-state index in [0.717, 1.165) is 11.0 Å². The minimum atomic E-state index is 0.929. The predicted molar refractivity (Wildman–Crippen MR) is 60.5 cm³/mol. The zero-order chi connectivity index (χ0) is 8.93. The van der Waals surface area contributed by atoms with Gasteiger partial charge in [-0.05, 0) is 39.6 Å². The van der Waals surface area contributed by atoms with Gasteiger partial charge in [0.05, 0.1) is 0 Å². The maximum Gasteiger partial charge on any atom is 0.179 e. The minimum Gasteiger partial charge on any atom is -0.448 e. The van der Waals surface area contributed by atoms with Crippen LogP contribution in [0.2, 0.25) is 0 Å². The molecule has 2 rings (SSSR count). The molecule has 0 atom stereocenters. The van der Waals surface area contributed by atoms with Crippen LogP contribution in [0.4, 0.5) is 0 Å². The average Bonchev–Trinajstić information content (AvgIpc) is 2.21. The molecule has 13 heavy (non-hydrogen) atoms. The van der Waals surface area contributed by atoms with Gasteiger partial charge < -0.3 is 4.74 Å². The molecule has 0 spiro atoms. The SMILES string of the molecule is c1ccc(Oc2pcpcp2)cc1. The van der Waals surface area contributed by atoms with Gasteiger partial charge in [0.25, 0.3) is 0 Å². The van der Waals surface area contributed by atoms with Crippen LogP contribution in [0.5, 0.6) is 11.0 Å². The number of rotatable bonds is 2. The standard InChI is InChI=1S/C9H7OP3/c1-2-4-8(5-3-1)10-9-12-6-11-7-13-9/h1-7H. The normalized spacial score (nSPS) is 11.4. The van der Waals surface area contributed by atoms with E-state index in [2.05, 4.69) is 11.1 Å². The molecule has 0 radical (unpaired) electrons. The molecule has 0 saturated carbocycles. The zero-order valence-electron chi connectivity index (χ0n) is 6.79. The zero-order valence-corrected chi connectivity index (χ0v) is 9.47. The molecule has 1 nitrogen and oxygen atoms in total. The molecule has 1 heterocycles. The summed E-state index contributed by atoms with van der Waals surface area (Å²) < 4.78 is 5.68. The molecule has 1 aromatic heterocycles. The summed E-state index contributed by atoms with van der Waals surface area (Å²) in [6.45, 7) is 0. The lowest BCUT2D eigenvalue weighted by molar-refractivity contribution is 0.509. The van der Waals surface area contributed by atoms with E-state index in [4.69, 9.17) is 4.74 Å². The van der Waals surface area contributed by atoms with E-state index < -0.39 is 0 Å². The third-order valence-electron chi connectivity index (χ3n) is 1.42. The van der Waals surface area contributed by atoms with Crippen LogP contribution in [0.3, 0.4) is 0 Å². The largest absolute Gasteiger partial charge is 0.448 e. The predicted octanol–water partition coefficient (Wildman–Crippen LogP) is 5.22. The van der Waals surface area contributed by atoms with Crippen LogP contribution < -0.4 is 4.74 Å². The number of ether oxygens (including phenoxy) is 1. The van der Waals surface area contributed by atoms with Gasteiger partial charge in [0.15, 0.2) is 5.21 Å². The molecule has 0 unspecified atom stereocenters. The number of benzene rings is 1. The molecule has 0 fully saturated rings. The fourth-order valence-electron chi connectivity index (χ4n) is 0.875. The van der Waals surface area contributed by atoms with Crippen LogP contribution in [-0.2, 0) is 0 Å². The summed E-state index contributed by atoms with van der Waals surface area (Å²) in [5.41, 5.74) is 4.35. The van der Waals surface area contributed by atoms with Crippen LogP contribution >= 0.6 is 24.6 Å². The Morgan fingerprint density at radius 1 is 0.923 bits per heavy atom. The van der Waals surface area contributed by atoms with Crippen LogP contribution in [0.15, 0.2) is 41.4 Å². The maximum atomic E-state index is 5.68. The summed E-state index contributed by atoms with van der Waals surface area (Å²) in [7, 11) is 3.71. The summed E-state index contributed by atoms with van der Waals surface area (Å²) >= 11 is 0. The summed E-state index contributed by atoms with van der Waals surface area (Å²) in [5.74, 6) is 0.929. The Labute approximate surface area is 82.1 Å². The van der Waals surface area contributed by atoms with Crippen molar-refractivity contribution in [2.45, 2.75) is 0 Å². The first-order valence-corrected chi connectivity index (χ1v) is 6.76. The van der Waals surface area contributed by atoms with Crippen LogP contribution in [0.25, 0.3) is 0 Å². The Balaban J connectivity index is 2.16. The van der Waals surface area contributed by atoms with E-state index in [1.807, 2.05) is 30.3 Å². The second-order valence-corrected chi connectivity index (χ2v) is 6.16. The Hall–Kier alpha value is -0.470. The van der Waals surface area contributed by atoms with Crippen LogP contribution in [-0.4, -0.2) is 0 Å². The number of para-hydroxylation sites is 1. The van der Waals surface area contributed by atoms with Crippen LogP contribution in [0.1, 0.15) is 0 Å². The molecule has 0 aliphatic rings. The molecule has 1 aromatic carbocycles. The van der Waals surface area contributed by atoms with Crippen molar-refractivity contribution in [1.82, 2.24) is 0 Å². The van der Waals surface area contributed by atoms with Crippen molar-refractivity contribution < 1.29 is 4.74 Å². The highest BCUT2D eigenvalue weighted by atomic mass is 31.1. The highest BCUT2D eigenvalue weighted by Gasteiger charge is 1.94. The average molecular weight is 224 g/mol. The molecular formula is C9H7OP3. The molecule has 0 amide bonds. The Bertz CT molecular complexity index is 326. The van der Waals surface area contributed by atoms with E-state index in [0.29, 0.717) is 0 Å². The third kappa shape index (κ3) is 2.75. The minimum absolute atomic E-state index is 0.929. The molecule has 0 N–H and O–H groups in total. The molecule has 0 aliphatic heterocycles. The highest BCUT2D eigenvalue weighted by molar-refractivity contribution is 7.59. The van der Waals surface area contributed by atoms with Crippen LogP contribution in [0, 0.1) is 0 Å². The van der Waals surface area contributed by atoms with Crippen molar-refractivity contribution in [2.75, 3.05) is 0 Å². The van der Waals surface area contributed by atoms with Gasteiger partial charge >= 0.3 is 0 Å². The lowest BCUT2D eigenvalue weighted by Crippen LogP contribution is -1.76. The first-order valence-electron chi connectivity index (χ1n) is 3.80. The smallest absolute Gasteiger partial charge is 0.179 e.